The maximum absolute atomic E-state index is 13.3. The summed E-state index contributed by atoms with van der Waals surface area (Å²) in [4.78, 5) is 29.6. The number of hydrogen-bond acceptors (Lipinski definition) is 7. The first kappa shape index (κ1) is 25.2. The molecule has 0 atom stereocenters. The van der Waals surface area contributed by atoms with Crippen LogP contribution in [0.15, 0.2) is 72.8 Å². The molecule has 5 rings (SSSR count). The Balaban J connectivity index is 1.63. The van der Waals surface area contributed by atoms with Crippen molar-refractivity contribution in [2.75, 3.05) is 18.2 Å². The van der Waals surface area contributed by atoms with Crippen molar-refractivity contribution in [3.63, 3.8) is 0 Å². The van der Waals surface area contributed by atoms with Gasteiger partial charge in [-0.3, -0.25) is 14.9 Å². The number of rotatable bonds is 6. The lowest BCUT2D eigenvalue weighted by atomic mass is 9.99. The standard InChI is InChI=1S/C28H21ClN4O4S/c1-15-3-5-17(6-4-15)22-14-20(16-7-10-19(37-2)11-8-16)24-25(30)26(38-28(24)32-22)27(34)31-18-9-12-21(29)23(13-18)33(35)36/h3-14H,30H2,1-2H3,(H,31,34). The number of halogens is 1. The molecule has 0 bridgehead atoms. The van der Waals surface area contributed by atoms with Gasteiger partial charge in [-0.2, -0.15) is 0 Å². The lowest BCUT2D eigenvalue weighted by Gasteiger charge is -2.10. The molecule has 1 amide bonds. The Labute approximate surface area is 226 Å². The quantitative estimate of drug-likeness (QED) is 0.170. The lowest BCUT2D eigenvalue weighted by Crippen LogP contribution is -2.12. The predicted molar refractivity (Wildman–Crippen MR) is 152 cm³/mol. The number of fused-ring (bicyclic) bond motifs is 1. The van der Waals surface area contributed by atoms with Crippen LogP contribution >= 0.6 is 22.9 Å². The number of carbonyl (C=O) groups excluding carboxylic acids is 1. The number of hydrogen-bond donors (Lipinski definition) is 2. The minimum absolute atomic E-state index is 0.0219. The van der Waals surface area contributed by atoms with Gasteiger partial charge in [0.25, 0.3) is 11.6 Å². The van der Waals surface area contributed by atoms with E-state index in [2.05, 4.69) is 5.32 Å². The van der Waals surface area contributed by atoms with Gasteiger partial charge in [0, 0.05) is 22.7 Å². The van der Waals surface area contributed by atoms with E-state index in [-0.39, 0.29) is 27.0 Å². The van der Waals surface area contributed by atoms with Crippen LogP contribution in [0.1, 0.15) is 15.2 Å². The van der Waals surface area contributed by atoms with Crippen molar-refractivity contribution in [3.05, 3.63) is 98.4 Å². The Kier molecular flexibility index (Phi) is 6.71. The van der Waals surface area contributed by atoms with E-state index < -0.39 is 10.8 Å². The van der Waals surface area contributed by atoms with Gasteiger partial charge in [-0.05, 0) is 48.4 Å². The predicted octanol–water partition coefficient (Wildman–Crippen LogP) is 7.34. The maximum Gasteiger partial charge on any atom is 0.289 e. The summed E-state index contributed by atoms with van der Waals surface area (Å²) in [5.74, 6) is 0.216. The summed E-state index contributed by atoms with van der Waals surface area (Å²) in [7, 11) is 1.60. The van der Waals surface area contributed by atoms with Crippen molar-refractivity contribution in [2.24, 2.45) is 0 Å². The van der Waals surface area contributed by atoms with E-state index in [1.807, 2.05) is 61.5 Å². The minimum atomic E-state index is -0.608. The number of nitrogens with one attached hydrogen (secondary N) is 1. The monoisotopic (exact) mass is 544 g/mol. The number of aromatic nitrogens is 1. The average Bonchev–Trinajstić information content (AvgIpc) is 3.26. The molecule has 8 nitrogen and oxygen atoms in total. The van der Waals surface area contributed by atoms with Crippen molar-refractivity contribution in [3.8, 4) is 28.1 Å². The van der Waals surface area contributed by atoms with Crippen LogP contribution in [0.3, 0.4) is 0 Å². The average molecular weight is 545 g/mol. The number of pyridine rings is 1. The highest BCUT2D eigenvalue weighted by Gasteiger charge is 2.23. The Morgan fingerprint density at radius 3 is 2.39 bits per heavy atom. The molecular weight excluding hydrogens is 524 g/mol. The highest BCUT2D eigenvalue weighted by molar-refractivity contribution is 7.21. The SMILES string of the molecule is COc1ccc(-c2cc(-c3ccc(C)cc3)nc3sc(C(=O)Nc4ccc(Cl)c([N+](=O)[O-])c4)c(N)c23)cc1. The number of aryl methyl sites for hydroxylation is 1. The van der Waals surface area contributed by atoms with Gasteiger partial charge in [0.05, 0.1) is 23.4 Å². The topological polar surface area (TPSA) is 120 Å². The molecule has 190 valence electrons. The van der Waals surface area contributed by atoms with Crippen LogP contribution < -0.4 is 15.8 Å². The summed E-state index contributed by atoms with van der Waals surface area (Å²) in [6.07, 6.45) is 0. The van der Waals surface area contributed by atoms with Gasteiger partial charge in [0.15, 0.2) is 0 Å². The maximum atomic E-state index is 13.3. The summed E-state index contributed by atoms with van der Waals surface area (Å²) in [6, 6.07) is 21.6. The Hall–Kier alpha value is -4.47. The van der Waals surface area contributed by atoms with Crippen molar-refractivity contribution in [1.29, 1.82) is 0 Å². The molecule has 0 unspecified atom stereocenters. The largest absolute Gasteiger partial charge is 0.497 e. The highest BCUT2D eigenvalue weighted by Crippen LogP contribution is 2.42. The van der Waals surface area contributed by atoms with E-state index in [4.69, 9.17) is 27.1 Å². The smallest absolute Gasteiger partial charge is 0.289 e. The fraction of sp³-hybridized carbons (Fsp3) is 0.0714. The highest BCUT2D eigenvalue weighted by atomic mass is 35.5. The van der Waals surface area contributed by atoms with E-state index in [9.17, 15) is 14.9 Å². The van der Waals surface area contributed by atoms with Crippen LogP contribution in [-0.4, -0.2) is 22.9 Å². The number of methoxy groups -OCH3 is 1. The molecule has 0 aliphatic carbocycles. The molecule has 0 fully saturated rings. The molecule has 3 N–H and O–H groups in total. The van der Waals surface area contributed by atoms with Crippen LogP contribution in [0.2, 0.25) is 5.02 Å². The number of thiophene rings is 1. The van der Waals surface area contributed by atoms with Crippen molar-refractivity contribution in [2.45, 2.75) is 6.92 Å². The van der Waals surface area contributed by atoms with E-state index in [1.165, 1.54) is 18.2 Å². The number of nitro groups is 1. The third-order valence-electron chi connectivity index (χ3n) is 6.05. The van der Waals surface area contributed by atoms with Crippen LogP contribution in [0.5, 0.6) is 5.75 Å². The van der Waals surface area contributed by atoms with Crippen LogP contribution in [0.4, 0.5) is 17.1 Å². The van der Waals surface area contributed by atoms with Gasteiger partial charge in [0.1, 0.15) is 20.5 Å². The number of ether oxygens (including phenoxy) is 1. The van der Waals surface area contributed by atoms with Gasteiger partial charge < -0.3 is 15.8 Å². The van der Waals surface area contributed by atoms with Gasteiger partial charge in [-0.1, -0.05) is 53.6 Å². The van der Waals surface area contributed by atoms with Gasteiger partial charge in [-0.25, -0.2) is 4.98 Å². The van der Waals surface area contributed by atoms with E-state index in [1.54, 1.807) is 7.11 Å². The lowest BCUT2D eigenvalue weighted by molar-refractivity contribution is -0.384. The van der Waals surface area contributed by atoms with Crippen LogP contribution in [0.25, 0.3) is 32.6 Å². The van der Waals surface area contributed by atoms with Crippen LogP contribution in [0, 0.1) is 17.0 Å². The summed E-state index contributed by atoms with van der Waals surface area (Å²) >= 11 is 7.06. The zero-order valence-electron chi connectivity index (χ0n) is 20.3. The second-order valence-electron chi connectivity index (χ2n) is 8.55. The van der Waals surface area contributed by atoms with Gasteiger partial charge >= 0.3 is 0 Å². The Bertz CT molecular complexity index is 1700. The van der Waals surface area contributed by atoms with Gasteiger partial charge in [-0.15, -0.1) is 11.3 Å². The number of anilines is 2. The second-order valence-corrected chi connectivity index (χ2v) is 9.96. The number of nitro benzene ring substituents is 1. The number of benzene rings is 3. The zero-order chi connectivity index (χ0) is 27.0. The molecule has 0 saturated heterocycles. The summed E-state index contributed by atoms with van der Waals surface area (Å²) < 4.78 is 5.30. The van der Waals surface area contributed by atoms with E-state index in [0.29, 0.717) is 16.0 Å². The minimum Gasteiger partial charge on any atom is -0.497 e. The number of nitrogen functional groups attached to an aromatic ring is 1. The molecule has 0 radical (unpaired) electrons. The van der Waals surface area contributed by atoms with Crippen molar-refractivity contribution >= 4 is 56.1 Å². The molecule has 0 spiro atoms. The Morgan fingerprint density at radius 1 is 1.05 bits per heavy atom. The fourth-order valence-electron chi connectivity index (χ4n) is 4.08. The molecule has 0 saturated carbocycles. The third-order valence-corrected chi connectivity index (χ3v) is 7.47. The second kappa shape index (κ2) is 10.1. The van der Waals surface area contributed by atoms with Crippen LogP contribution in [-0.2, 0) is 0 Å². The third kappa shape index (κ3) is 4.77. The fourth-order valence-corrected chi connectivity index (χ4v) is 5.28. The molecule has 2 aromatic heterocycles. The molecule has 2 heterocycles. The first-order chi connectivity index (χ1) is 18.2. The zero-order valence-corrected chi connectivity index (χ0v) is 21.9. The molecule has 0 aliphatic heterocycles. The number of amides is 1. The molecule has 5 aromatic rings. The molecule has 0 aliphatic rings. The number of carbonyl (C=O) groups is 1. The molecule has 10 heteroatoms. The van der Waals surface area contributed by atoms with Gasteiger partial charge in [0.2, 0.25) is 0 Å². The molecule has 38 heavy (non-hydrogen) atoms. The van der Waals surface area contributed by atoms with E-state index >= 15 is 0 Å². The van der Waals surface area contributed by atoms with Crippen molar-refractivity contribution in [1.82, 2.24) is 4.98 Å². The number of nitrogens with two attached hydrogens (primary N) is 1. The first-order valence-corrected chi connectivity index (χ1v) is 12.6. The van der Waals surface area contributed by atoms with E-state index in [0.717, 1.165) is 39.3 Å². The Morgan fingerprint density at radius 2 is 1.74 bits per heavy atom. The van der Waals surface area contributed by atoms with Crippen molar-refractivity contribution < 1.29 is 14.5 Å². The molecule has 3 aromatic carbocycles. The molecular formula is C28H21ClN4O4S. The summed E-state index contributed by atoms with van der Waals surface area (Å²) in [5.41, 5.74) is 11.3. The normalized spacial score (nSPS) is 10.9. The number of nitrogens with zero attached hydrogens (tertiary/aromatic N) is 2. The first-order valence-electron chi connectivity index (χ1n) is 11.4. The summed E-state index contributed by atoms with van der Waals surface area (Å²) in [5, 5.41) is 14.6. The summed E-state index contributed by atoms with van der Waals surface area (Å²) in [6.45, 7) is 2.02.